The van der Waals surface area contributed by atoms with Crippen molar-refractivity contribution in [3.8, 4) is 0 Å². The largest absolute Gasteiger partial charge is 0.481 e. The molecule has 0 aromatic heterocycles. The number of carbonyl (C=O) groups is 2. The second kappa shape index (κ2) is 7.38. The van der Waals surface area contributed by atoms with E-state index in [9.17, 15) is 9.59 Å². The number of carboxylic acids is 1. The van der Waals surface area contributed by atoms with Gasteiger partial charge in [-0.3, -0.25) is 9.59 Å². The summed E-state index contributed by atoms with van der Waals surface area (Å²) in [6, 6.07) is 7.09. The molecule has 2 rings (SSSR count). The van der Waals surface area contributed by atoms with Crippen LogP contribution in [0, 0.1) is 0 Å². The van der Waals surface area contributed by atoms with E-state index in [1.807, 2.05) is 12.1 Å². The highest BCUT2D eigenvalue weighted by Crippen LogP contribution is 2.25. The lowest BCUT2D eigenvalue weighted by Gasteiger charge is -2.36. The van der Waals surface area contributed by atoms with Crippen LogP contribution in [0.25, 0.3) is 0 Å². The van der Waals surface area contributed by atoms with Gasteiger partial charge in [-0.2, -0.15) is 0 Å². The minimum Gasteiger partial charge on any atom is -0.481 e. The normalized spacial score (nSPS) is 17.0. The Kier molecular flexibility index (Phi) is 5.51. The maximum Gasteiger partial charge on any atom is 0.305 e. The van der Waals surface area contributed by atoms with Gasteiger partial charge in [-0.15, -0.1) is 0 Å². The first-order valence-electron chi connectivity index (χ1n) is 7.25. The molecule has 0 radical (unpaired) electrons. The molecule has 1 aromatic rings. The number of carbonyl (C=O) groups excluding carboxylic acids is 1. The summed E-state index contributed by atoms with van der Waals surface area (Å²) >= 11 is 0. The molecule has 6 nitrogen and oxygen atoms in total. The highest BCUT2D eigenvalue weighted by molar-refractivity contribution is 5.95. The van der Waals surface area contributed by atoms with Crippen molar-refractivity contribution in [3.05, 3.63) is 35.4 Å². The molecule has 6 heteroatoms. The third-order valence-corrected chi connectivity index (χ3v) is 3.85. The second-order valence-electron chi connectivity index (χ2n) is 5.55. The Morgan fingerprint density at radius 1 is 1.27 bits per heavy atom. The predicted molar refractivity (Wildman–Crippen MR) is 79.7 cm³/mol. The van der Waals surface area contributed by atoms with E-state index in [0.29, 0.717) is 38.2 Å². The van der Waals surface area contributed by atoms with E-state index in [1.54, 1.807) is 19.2 Å². The molecule has 1 heterocycles. The molecule has 0 unspecified atom stereocenters. The number of carboxylic acid groups (broad SMARTS) is 1. The van der Waals surface area contributed by atoms with Crippen LogP contribution in [0.1, 0.15) is 35.2 Å². The van der Waals surface area contributed by atoms with Crippen LogP contribution in [0.5, 0.6) is 0 Å². The Labute approximate surface area is 129 Å². The number of hydrogen-bond acceptors (Lipinski definition) is 4. The van der Waals surface area contributed by atoms with Gasteiger partial charge in [0, 0.05) is 25.9 Å². The Morgan fingerprint density at radius 3 is 2.45 bits per heavy atom. The number of benzene rings is 1. The molecule has 1 amide bonds. The first-order chi connectivity index (χ1) is 10.5. The van der Waals surface area contributed by atoms with Crippen molar-refractivity contribution in [2.75, 3.05) is 20.3 Å². The topological polar surface area (TPSA) is 84.9 Å². The highest BCUT2D eigenvalue weighted by Gasteiger charge is 2.36. The third kappa shape index (κ3) is 4.29. The fourth-order valence-corrected chi connectivity index (χ4v) is 2.63. The number of hydrogen-bond donors (Lipinski definition) is 2. The molecule has 120 valence electrons. The number of ether oxygens (including phenoxy) is 2. The molecule has 1 saturated heterocycles. The Bertz CT molecular complexity index is 520. The average Bonchev–Trinajstić information content (AvgIpc) is 2.48. The summed E-state index contributed by atoms with van der Waals surface area (Å²) in [7, 11) is 1.61. The van der Waals surface area contributed by atoms with Crippen molar-refractivity contribution < 1.29 is 24.2 Å². The Hall–Kier alpha value is -1.92. The molecule has 0 aliphatic carbocycles. The summed E-state index contributed by atoms with van der Waals surface area (Å²) in [5, 5.41) is 12.0. The molecule has 1 aliphatic heterocycles. The lowest BCUT2D eigenvalue weighted by Crippen LogP contribution is -2.53. The van der Waals surface area contributed by atoms with E-state index in [1.165, 1.54) is 0 Å². The standard InChI is InChI=1S/C16H21NO5/c1-21-11-12-2-4-13(5-3-12)15(20)17-16(10-14(18)19)6-8-22-9-7-16/h2-5H,6-11H2,1H3,(H,17,20)(H,18,19). The van der Waals surface area contributed by atoms with Crippen molar-refractivity contribution in [1.29, 1.82) is 0 Å². The van der Waals surface area contributed by atoms with Crippen LogP contribution >= 0.6 is 0 Å². The number of rotatable bonds is 6. The van der Waals surface area contributed by atoms with E-state index in [-0.39, 0.29) is 12.3 Å². The van der Waals surface area contributed by atoms with E-state index in [0.717, 1.165) is 5.56 Å². The minimum atomic E-state index is -0.919. The molecule has 2 N–H and O–H groups in total. The fourth-order valence-electron chi connectivity index (χ4n) is 2.63. The lowest BCUT2D eigenvalue weighted by molar-refractivity contribution is -0.139. The number of methoxy groups -OCH3 is 1. The molecule has 0 bridgehead atoms. The van der Waals surface area contributed by atoms with Gasteiger partial charge in [0.2, 0.25) is 0 Å². The van der Waals surface area contributed by atoms with Gasteiger partial charge in [-0.05, 0) is 30.5 Å². The van der Waals surface area contributed by atoms with Gasteiger partial charge in [-0.1, -0.05) is 12.1 Å². The van der Waals surface area contributed by atoms with Gasteiger partial charge < -0.3 is 19.9 Å². The van der Waals surface area contributed by atoms with E-state index in [2.05, 4.69) is 5.32 Å². The third-order valence-electron chi connectivity index (χ3n) is 3.85. The van der Waals surface area contributed by atoms with Gasteiger partial charge in [0.1, 0.15) is 0 Å². The second-order valence-corrected chi connectivity index (χ2v) is 5.55. The van der Waals surface area contributed by atoms with E-state index < -0.39 is 11.5 Å². The molecular formula is C16H21NO5. The van der Waals surface area contributed by atoms with Crippen LogP contribution in [0.15, 0.2) is 24.3 Å². The number of amides is 1. The summed E-state index contributed by atoms with van der Waals surface area (Å²) < 4.78 is 10.3. The quantitative estimate of drug-likeness (QED) is 0.833. The lowest BCUT2D eigenvalue weighted by atomic mass is 9.86. The van der Waals surface area contributed by atoms with Crippen molar-refractivity contribution in [3.63, 3.8) is 0 Å². The molecule has 1 aliphatic rings. The molecule has 1 aromatic carbocycles. The number of aliphatic carboxylic acids is 1. The van der Waals surface area contributed by atoms with Crippen LogP contribution in [0.4, 0.5) is 0 Å². The van der Waals surface area contributed by atoms with Gasteiger partial charge in [0.25, 0.3) is 5.91 Å². The molecule has 1 fully saturated rings. The fraction of sp³-hybridized carbons (Fsp3) is 0.500. The maximum atomic E-state index is 12.4. The van der Waals surface area contributed by atoms with E-state index >= 15 is 0 Å². The van der Waals surface area contributed by atoms with Crippen LogP contribution in [0.3, 0.4) is 0 Å². The summed E-state index contributed by atoms with van der Waals surface area (Å²) in [6.07, 6.45) is 0.920. The van der Waals surface area contributed by atoms with Gasteiger partial charge in [-0.25, -0.2) is 0 Å². The zero-order valence-electron chi connectivity index (χ0n) is 12.6. The van der Waals surface area contributed by atoms with Crippen molar-refractivity contribution in [1.82, 2.24) is 5.32 Å². The van der Waals surface area contributed by atoms with Crippen molar-refractivity contribution in [2.45, 2.75) is 31.4 Å². The minimum absolute atomic E-state index is 0.0934. The maximum absolute atomic E-state index is 12.4. The SMILES string of the molecule is COCc1ccc(C(=O)NC2(CC(=O)O)CCOCC2)cc1. The van der Waals surface area contributed by atoms with Gasteiger partial charge in [0.05, 0.1) is 18.6 Å². The molecular weight excluding hydrogens is 286 g/mol. The van der Waals surface area contributed by atoms with Gasteiger partial charge in [0.15, 0.2) is 0 Å². The Balaban J connectivity index is 2.08. The number of nitrogens with one attached hydrogen (secondary N) is 1. The first kappa shape index (κ1) is 16.5. The highest BCUT2D eigenvalue weighted by atomic mass is 16.5. The average molecular weight is 307 g/mol. The summed E-state index contributed by atoms with van der Waals surface area (Å²) in [5.74, 6) is -1.18. The van der Waals surface area contributed by atoms with Crippen LogP contribution in [-0.2, 0) is 20.9 Å². The molecule has 0 atom stereocenters. The molecule has 22 heavy (non-hydrogen) atoms. The monoisotopic (exact) mass is 307 g/mol. The Morgan fingerprint density at radius 2 is 1.91 bits per heavy atom. The first-order valence-corrected chi connectivity index (χ1v) is 7.25. The summed E-state index contributed by atoms with van der Waals surface area (Å²) in [5.41, 5.74) is 0.758. The zero-order valence-corrected chi connectivity index (χ0v) is 12.6. The van der Waals surface area contributed by atoms with Crippen molar-refractivity contribution in [2.24, 2.45) is 0 Å². The smallest absolute Gasteiger partial charge is 0.305 e. The zero-order chi connectivity index (χ0) is 16.0. The molecule has 0 spiro atoms. The van der Waals surface area contributed by atoms with Crippen LogP contribution in [0.2, 0.25) is 0 Å². The van der Waals surface area contributed by atoms with Gasteiger partial charge >= 0.3 is 5.97 Å². The summed E-state index contributed by atoms with van der Waals surface area (Å²) in [6.45, 7) is 1.41. The predicted octanol–water partition coefficient (Wildman–Crippen LogP) is 1.59. The summed E-state index contributed by atoms with van der Waals surface area (Å²) in [4.78, 5) is 23.5. The van der Waals surface area contributed by atoms with E-state index in [4.69, 9.17) is 14.6 Å². The van der Waals surface area contributed by atoms with Crippen molar-refractivity contribution >= 4 is 11.9 Å². The van der Waals surface area contributed by atoms with Crippen LogP contribution < -0.4 is 5.32 Å². The molecule has 0 saturated carbocycles. The van der Waals surface area contributed by atoms with Crippen LogP contribution in [-0.4, -0.2) is 42.8 Å².